The first kappa shape index (κ1) is 6.82. The lowest BCUT2D eigenvalue weighted by molar-refractivity contribution is -0.159. The van der Waals surface area contributed by atoms with Gasteiger partial charge < -0.3 is 0 Å². The third-order valence-electron chi connectivity index (χ3n) is 0.503. The molecule has 0 heterocycles. The molecule has 0 spiro atoms. The second-order valence-electron chi connectivity index (χ2n) is 1.88. The summed E-state index contributed by atoms with van der Waals surface area (Å²) < 4.78 is 22.2. The molecular formula is C4H9F2N. The van der Waals surface area contributed by atoms with Crippen LogP contribution in [0.3, 0.4) is 0 Å². The van der Waals surface area contributed by atoms with Crippen molar-refractivity contribution >= 4 is 0 Å². The molecule has 3 heteroatoms. The Labute approximate surface area is 41.8 Å². The topological polar surface area (TPSA) is 3.24 Å². The van der Waals surface area contributed by atoms with Crippen LogP contribution in [0.15, 0.2) is 0 Å². The maximum atomic E-state index is 11.1. The molecule has 0 aliphatic rings. The molecule has 0 aliphatic heterocycles. The lowest BCUT2D eigenvalue weighted by atomic mass is 10.2. The van der Waals surface area contributed by atoms with Gasteiger partial charge in [0.2, 0.25) is 0 Å². The Morgan fingerprint density at radius 3 is 1.86 bits per heavy atom. The van der Waals surface area contributed by atoms with Gasteiger partial charge in [0.25, 0.3) is 0 Å². The highest BCUT2D eigenvalue weighted by molar-refractivity contribution is 4.39. The van der Waals surface area contributed by atoms with E-state index in [4.69, 9.17) is 0 Å². The molecule has 0 rings (SSSR count). The lowest BCUT2D eigenvalue weighted by Crippen LogP contribution is -2.08. The van der Waals surface area contributed by atoms with E-state index in [0.29, 0.717) is 0 Å². The highest BCUT2D eigenvalue weighted by Crippen LogP contribution is 1.97. The van der Waals surface area contributed by atoms with Gasteiger partial charge in [0, 0.05) is 5.34 Å². The minimum Gasteiger partial charge on any atom is -0.102 e. The van der Waals surface area contributed by atoms with E-state index in [-0.39, 0.29) is 12.5 Å². The monoisotopic (exact) mass is 109 g/mol. The van der Waals surface area contributed by atoms with Gasteiger partial charge in [-0.05, 0) is 5.92 Å². The zero-order valence-electron chi connectivity index (χ0n) is 4.49. The van der Waals surface area contributed by atoms with Gasteiger partial charge in [-0.2, -0.15) is 0 Å². The van der Waals surface area contributed by atoms with E-state index in [1.165, 1.54) is 0 Å². The van der Waals surface area contributed by atoms with Gasteiger partial charge in [0.15, 0.2) is 0 Å². The van der Waals surface area contributed by atoms with Crippen LogP contribution in [0.1, 0.15) is 13.8 Å². The van der Waals surface area contributed by atoms with Gasteiger partial charge >= 0.3 is 0 Å². The van der Waals surface area contributed by atoms with Gasteiger partial charge in [-0.25, -0.2) is 0 Å². The zero-order chi connectivity index (χ0) is 5.86. The molecule has 0 saturated heterocycles. The van der Waals surface area contributed by atoms with E-state index in [2.05, 4.69) is 0 Å². The van der Waals surface area contributed by atoms with Gasteiger partial charge in [0.1, 0.15) is 0 Å². The second-order valence-corrected chi connectivity index (χ2v) is 1.88. The first-order valence-electron chi connectivity index (χ1n) is 2.22. The summed E-state index contributed by atoms with van der Waals surface area (Å²) in [5.41, 5.74) is 0. The summed E-state index contributed by atoms with van der Waals surface area (Å²) in [7, 11) is 0. The van der Waals surface area contributed by atoms with Crippen molar-refractivity contribution in [1.82, 2.24) is 5.34 Å². The minimum atomic E-state index is -0.801. The van der Waals surface area contributed by atoms with Crippen molar-refractivity contribution in [3.05, 3.63) is 0 Å². The van der Waals surface area contributed by atoms with E-state index in [1.54, 1.807) is 13.8 Å². The molecule has 0 aromatic carbocycles. The summed E-state index contributed by atoms with van der Waals surface area (Å²) in [6, 6.07) is 0. The minimum absolute atomic E-state index is 0.0509. The van der Waals surface area contributed by atoms with E-state index in [1.807, 2.05) is 0 Å². The predicted molar refractivity (Wildman–Crippen MR) is 23.8 cm³/mol. The summed E-state index contributed by atoms with van der Waals surface area (Å²) in [5.74, 6) is 0.0509. The Morgan fingerprint density at radius 2 is 1.86 bits per heavy atom. The first-order valence-corrected chi connectivity index (χ1v) is 2.22. The number of nitrogens with zero attached hydrogens (tertiary/aromatic N) is 1. The molecule has 0 amide bonds. The van der Waals surface area contributed by atoms with E-state index < -0.39 is 5.34 Å². The molecule has 0 bridgehead atoms. The van der Waals surface area contributed by atoms with Crippen LogP contribution in [0.2, 0.25) is 0 Å². The fraction of sp³-hybridized carbons (Fsp3) is 1.00. The second kappa shape index (κ2) is 2.91. The van der Waals surface area contributed by atoms with E-state index >= 15 is 0 Å². The smallest absolute Gasteiger partial charge is 0.0643 e. The molecule has 0 fully saturated rings. The Morgan fingerprint density at radius 1 is 1.43 bits per heavy atom. The third kappa shape index (κ3) is 5.82. The Kier molecular flexibility index (Phi) is 2.83. The molecule has 0 aromatic rings. The average Bonchev–Trinajstić information content (AvgIpc) is 1.27. The van der Waals surface area contributed by atoms with Crippen LogP contribution in [0, 0.1) is 5.92 Å². The maximum absolute atomic E-state index is 11.1. The number of hydrogen-bond donors (Lipinski definition) is 0. The molecule has 0 radical (unpaired) electrons. The van der Waals surface area contributed by atoms with Crippen molar-refractivity contribution in [2.24, 2.45) is 5.92 Å². The van der Waals surface area contributed by atoms with Crippen molar-refractivity contribution in [2.45, 2.75) is 13.8 Å². The Bertz CT molecular complexity index is 39.0. The van der Waals surface area contributed by atoms with Crippen LogP contribution in [0.4, 0.5) is 8.96 Å². The van der Waals surface area contributed by atoms with E-state index in [0.717, 1.165) is 0 Å². The SMILES string of the molecule is CC(C)CN(F)F. The van der Waals surface area contributed by atoms with Crippen molar-refractivity contribution in [1.29, 1.82) is 0 Å². The zero-order valence-corrected chi connectivity index (χ0v) is 4.49. The number of hydrogen-bond acceptors (Lipinski definition) is 1. The quantitative estimate of drug-likeness (QED) is 0.488. The van der Waals surface area contributed by atoms with Gasteiger partial charge in [-0.1, -0.05) is 13.8 Å². The molecule has 0 saturated carbocycles. The summed E-state index contributed by atoms with van der Waals surface area (Å²) >= 11 is 0. The summed E-state index contributed by atoms with van der Waals surface area (Å²) in [5, 5.41) is -0.801. The maximum Gasteiger partial charge on any atom is 0.0643 e. The molecule has 0 N–H and O–H groups in total. The molecule has 0 unspecified atom stereocenters. The standard InChI is InChI=1S/C4H9F2N/c1-4(2)3-7(5)6/h4H,3H2,1-2H3. The van der Waals surface area contributed by atoms with Crippen molar-refractivity contribution in [3.8, 4) is 0 Å². The van der Waals surface area contributed by atoms with Crippen LogP contribution in [0.5, 0.6) is 0 Å². The van der Waals surface area contributed by atoms with Crippen LogP contribution in [0.25, 0.3) is 0 Å². The lowest BCUT2D eigenvalue weighted by Gasteiger charge is -2.01. The highest BCUT2D eigenvalue weighted by Gasteiger charge is 2.00. The van der Waals surface area contributed by atoms with Crippen LogP contribution >= 0.6 is 0 Å². The van der Waals surface area contributed by atoms with Gasteiger partial charge in [0.05, 0.1) is 6.54 Å². The summed E-state index contributed by atoms with van der Waals surface area (Å²) in [6.07, 6.45) is 0. The fourth-order valence-corrected chi connectivity index (χ4v) is 0.276. The van der Waals surface area contributed by atoms with Crippen LogP contribution in [-0.4, -0.2) is 11.9 Å². The Hall–Kier alpha value is -0.180. The molecule has 7 heavy (non-hydrogen) atoms. The van der Waals surface area contributed by atoms with E-state index in [9.17, 15) is 8.96 Å². The van der Waals surface area contributed by atoms with Crippen LogP contribution in [-0.2, 0) is 0 Å². The number of halogens is 2. The molecule has 44 valence electrons. The average molecular weight is 109 g/mol. The van der Waals surface area contributed by atoms with Crippen molar-refractivity contribution in [2.75, 3.05) is 6.54 Å². The van der Waals surface area contributed by atoms with Gasteiger partial charge in [-0.15, -0.1) is 8.96 Å². The third-order valence-corrected chi connectivity index (χ3v) is 0.503. The molecule has 0 atom stereocenters. The number of rotatable bonds is 2. The molecular weight excluding hydrogens is 100 g/mol. The van der Waals surface area contributed by atoms with Crippen molar-refractivity contribution < 1.29 is 8.96 Å². The normalized spacial score (nSPS) is 11.1. The molecule has 0 aromatic heterocycles. The first-order chi connectivity index (χ1) is 3.13. The summed E-state index contributed by atoms with van der Waals surface area (Å²) in [4.78, 5) is 0. The predicted octanol–water partition coefficient (Wildman–Crippen LogP) is 1.71. The highest BCUT2D eigenvalue weighted by atomic mass is 19.4. The van der Waals surface area contributed by atoms with Crippen molar-refractivity contribution in [3.63, 3.8) is 0 Å². The summed E-state index contributed by atoms with van der Waals surface area (Å²) in [6.45, 7) is 3.35. The molecule has 0 aliphatic carbocycles. The van der Waals surface area contributed by atoms with Gasteiger partial charge in [-0.3, -0.25) is 0 Å². The Balaban J connectivity index is 2.95. The largest absolute Gasteiger partial charge is 0.102 e. The fourth-order valence-electron chi connectivity index (χ4n) is 0.276. The molecule has 1 nitrogen and oxygen atoms in total. The van der Waals surface area contributed by atoms with Crippen LogP contribution < -0.4 is 0 Å².